The third-order valence-corrected chi connectivity index (χ3v) is 3.43. The maximum atomic E-state index is 11.9. The Balaban J connectivity index is 2.40. The SMILES string of the molecule is CCCCCC(=O)C[C@H]1C[C@@H](CCN)OC(C)(C)O1. The Hall–Kier alpha value is -0.450. The number of nitrogens with two attached hydrogens (primary N) is 1. The molecule has 0 aromatic carbocycles. The van der Waals surface area contributed by atoms with Gasteiger partial charge in [0.2, 0.25) is 0 Å². The molecule has 0 bridgehead atoms. The third kappa shape index (κ3) is 6.50. The second-order valence-corrected chi connectivity index (χ2v) is 5.89. The molecule has 2 N–H and O–H groups in total. The summed E-state index contributed by atoms with van der Waals surface area (Å²) in [5.74, 6) is -0.297. The zero-order chi connectivity index (χ0) is 14.3. The Morgan fingerprint density at radius 2 is 1.95 bits per heavy atom. The average molecular weight is 271 g/mol. The summed E-state index contributed by atoms with van der Waals surface area (Å²) in [6.07, 6.45) is 6.15. The lowest BCUT2D eigenvalue weighted by molar-refractivity contribution is -0.299. The predicted molar refractivity (Wildman–Crippen MR) is 75.9 cm³/mol. The van der Waals surface area contributed by atoms with Gasteiger partial charge in [-0.1, -0.05) is 19.8 Å². The molecule has 1 aliphatic heterocycles. The van der Waals surface area contributed by atoms with Crippen molar-refractivity contribution in [2.45, 2.75) is 83.7 Å². The first-order valence-electron chi connectivity index (χ1n) is 7.54. The van der Waals surface area contributed by atoms with Crippen LogP contribution in [0.1, 0.15) is 65.7 Å². The van der Waals surface area contributed by atoms with E-state index >= 15 is 0 Å². The van der Waals surface area contributed by atoms with E-state index < -0.39 is 5.79 Å². The molecule has 1 heterocycles. The fourth-order valence-electron chi connectivity index (χ4n) is 2.64. The highest BCUT2D eigenvalue weighted by atomic mass is 16.7. The predicted octanol–water partition coefficient (Wildman–Crippen LogP) is 2.78. The molecule has 4 nitrogen and oxygen atoms in total. The van der Waals surface area contributed by atoms with E-state index in [2.05, 4.69) is 6.92 Å². The van der Waals surface area contributed by atoms with Crippen LogP contribution in [0.3, 0.4) is 0 Å². The molecule has 4 heteroatoms. The van der Waals surface area contributed by atoms with Gasteiger partial charge in [0.05, 0.1) is 12.2 Å². The van der Waals surface area contributed by atoms with Gasteiger partial charge in [0.25, 0.3) is 0 Å². The number of carbonyl (C=O) groups is 1. The molecule has 0 aliphatic carbocycles. The van der Waals surface area contributed by atoms with Gasteiger partial charge in [0.15, 0.2) is 5.79 Å². The Morgan fingerprint density at radius 3 is 2.58 bits per heavy atom. The van der Waals surface area contributed by atoms with Gasteiger partial charge in [-0.25, -0.2) is 0 Å². The van der Waals surface area contributed by atoms with Gasteiger partial charge in [-0.2, -0.15) is 0 Å². The molecule has 0 unspecified atom stereocenters. The number of hydrogen-bond acceptors (Lipinski definition) is 4. The number of unbranched alkanes of at least 4 members (excludes halogenated alkanes) is 2. The molecule has 0 amide bonds. The van der Waals surface area contributed by atoms with E-state index in [9.17, 15) is 4.79 Å². The van der Waals surface area contributed by atoms with Crippen LogP contribution in [0, 0.1) is 0 Å². The first kappa shape index (κ1) is 16.6. The molecule has 19 heavy (non-hydrogen) atoms. The highest BCUT2D eigenvalue weighted by Gasteiger charge is 2.35. The number of rotatable bonds is 8. The lowest BCUT2D eigenvalue weighted by atomic mass is 9.99. The smallest absolute Gasteiger partial charge is 0.163 e. The molecular formula is C15H29NO3. The molecule has 0 spiro atoms. The quantitative estimate of drug-likeness (QED) is 0.690. The number of Topliss-reactive ketones (excluding diaryl/α,β-unsaturated/α-hetero) is 1. The molecule has 2 atom stereocenters. The van der Waals surface area contributed by atoms with Crippen molar-refractivity contribution >= 4 is 5.78 Å². The van der Waals surface area contributed by atoms with Crippen molar-refractivity contribution in [2.75, 3.05) is 6.54 Å². The van der Waals surface area contributed by atoms with Gasteiger partial charge >= 0.3 is 0 Å². The van der Waals surface area contributed by atoms with Gasteiger partial charge in [0.1, 0.15) is 5.78 Å². The zero-order valence-corrected chi connectivity index (χ0v) is 12.6. The van der Waals surface area contributed by atoms with Crippen molar-refractivity contribution in [3.63, 3.8) is 0 Å². The van der Waals surface area contributed by atoms with E-state index in [1.807, 2.05) is 13.8 Å². The van der Waals surface area contributed by atoms with E-state index in [0.29, 0.717) is 25.2 Å². The van der Waals surface area contributed by atoms with Crippen molar-refractivity contribution in [1.29, 1.82) is 0 Å². The largest absolute Gasteiger partial charge is 0.347 e. The van der Waals surface area contributed by atoms with E-state index in [1.165, 1.54) is 0 Å². The van der Waals surface area contributed by atoms with Crippen molar-refractivity contribution in [3.8, 4) is 0 Å². The van der Waals surface area contributed by atoms with E-state index in [0.717, 1.165) is 32.1 Å². The van der Waals surface area contributed by atoms with Crippen LogP contribution >= 0.6 is 0 Å². The highest BCUT2D eigenvalue weighted by Crippen LogP contribution is 2.29. The molecule has 0 saturated carbocycles. The Bertz CT molecular complexity index is 279. The van der Waals surface area contributed by atoms with Crippen LogP contribution in [0.5, 0.6) is 0 Å². The standard InChI is InChI=1S/C15H29NO3/c1-4-5-6-7-12(17)10-14-11-13(8-9-16)18-15(2,3)19-14/h13-14H,4-11,16H2,1-3H3/t13-,14+/m1/s1. The monoisotopic (exact) mass is 271 g/mol. The van der Waals surface area contributed by atoms with Crippen LogP contribution in [0.2, 0.25) is 0 Å². The van der Waals surface area contributed by atoms with Crippen molar-refractivity contribution in [3.05, 3.63) is 0 Å². The second-order valence-electron chi connectivity index (χ2n) is 5.89. The lowest BCUT2D eigenvalue weighted by Gasteiger charge is -2.40. The minimum absolute atomic E-state index is 0.0190. The van der Waals surface area contributed by atoms with E-state index in [4.69, 9.17) is 15.2 Å². The zero-order valence-electron chi connectivity index (χ0n) is 12.6. The molecule has 1 aliphatic rings. The molecule has 112 valence electrons. The molecule has 0 aromatic heterocycles. The number of carbonyl (C=O) groups excluding carboxylic acids is 1. The Kier molecular flexibility index (Phi) is 6.97. The minimum atomic E-state index is -0.605. The number of ether oxygens (including phenoxy) is 2. The van der Waals surface area contributed by atoms with Crippen LogP contribution < -0.4 is 5.73 Å². The normalized spacial score (nSPS) is 26.3. The summed E-state index contributed by atoms with van der Waals surface area (Å²) < 4.78 is 11.7. The highest BCUT2D eigenvalue weighted by molar-refractivity contribution is 5.78. The molecule has 1 rings (SSSR count). The summed E-state index contributed by atoms with van der Waals surface area (Å²) in [7, 11) is 0. The number of ketones is 1. The fraction of sp³-hybridized carbons (Fsp3) is 0.933. The van der Waals surface area contributed by atoms with Crippen molar-refractivity contribution < 1.29 is 14.3 Å². The summed E-state index contributed by atoms with van der Waals surface area (Å²) in [5, 5.41) is 0. The van der Waals surface area contributed by atoms with Crippen LogP contribution in [0.25, 0.3) is 0 Å². The van der Waals surface area contributed by atoms with Crippen molar-refractivity contribution in [1.82, 2.24) is 0 Å². The summed E-state index contributed by atoms with van der Waals surface area (Å²) in [5.41, 5.74) is 5.59. The Morgan fingerprint density at radius 1 is 1.26 bits per heavy atom. The molecule has 0 aromatic rings. The van der Waals surface area contributed by atoms with Crippen LogP contribution in [0.4, 0.5) is 0 Å². The molecule has 0 radical (unpaired) electrons. The fourth-order valence-corrected chi connectivity index (χ4v) is 2.64. The maximum Gasteiger partial charge on any atom is 0.163 e. The van der Waals surface area contributed by atoms with Gasteiger partial charge in [0, 0.05) is 19.3 Å². The topological polar surface area (TPSA) is 61.6 Å². The summed E-state index contributed by atoms with van der Waals surface area (Å²) in [6, 6.07) is 0. The molecule has 1 fully saturated rings. The average Bonchev–Trinajstić information content (AvgIpc) is 2.27. The molecule has 1 saturated heterocycles. The van der Waals surface area contributed by atoms with Crippen LogP contribution in [0.15, 0.2) is 0 Å². The first-order chi connectivity index (χ1) is 8.96. The summed E-state index contributed by atoms with van der Waals surface area (Å²) in [6.45, 7) is 6.57. The Labute approximate surface area is 117 Å². The van der Waals surface area contributed by atoms with Crippen LogP contribution in [-0.4, -0.2) is 30.3 Å². The summed E-state index contributed by atoms with van der Waals surface area (Å²) in [4.78, 5) is 11.9. The van der Waals surface area contributed by atoms with Gasteiger partial charge in [-0.15, -0.1) is 0 Å². The van der Waals surface area contributed by atoms with Gasteiger partial charge in [-0.3, -0.25) is 4.79 Å². The lowest BCUT2D eigenvalue weighted by Crippen LogP contribution is -2.45. The maximum absolute atomic E-state index is 11.9. The minimum Gasteiger partial charge on any atom is -0.347 e. The van der Waals surface area contributed by atoms with E-state index in [-0.39, 0.29) is 12.2 Å². The third-order valence-electron chi connectivity index (χ3n) is 3.43. The van der Waals surface area contributed by atoms with Crippen molar-refractivity contribution in [2.24, 2.45) is 5.73 Å². The molecular weight excluding hydrogens is 242 g/mol. The van der Waals surface area contributed by atoms with E-state index in [1.54, 1.807) is 0 Å². The van der Waals surface area contributed by atoms with Gasteiger partial charge in [-0.05, 0) is 33.2 Å². The first-order valence-corrected chi connectivity index (χ1v) is 7.54. The second kappa shape index (κ2) is 7.98. The van der Waals surface area contributed by atoms with Gasteiger partial charge < -0.3 is 15.2 Å². The number of hydrogen-bond donors (Lipinski definition) is 1. The summed E-state index contributed by atoms with van der Waals surface area (Å²) >= 11 is 0. The van der Waals surface area contributed by atoms with Crippen LogP contribution in [-0.2, 0) is 14.3 Å².